The van der Waals surface area contributed by atoms with E-state index in [0.29, 0.717) is 10.5 Å². The molecule has 0 saturated heterocycles. The van der Waals surface area contributed by atoms with E-state index >= 15 is 0 Å². The summed E-state index contributed by atoms with van der Waals surface area (Å²) in [5.41, 5.74) is 0.598. The fourth-order valence-electron chi connectivity index (χ4n) is 1.17. The molecule has 2 nitrogen and oxygen atoms in total. The van der Waals surface area contributed by atoms with Crippen molar-refractivity contribution in [1.82, 2.24) is 9.38 Å². The van der Waals surface area contributed by atoms with Gasteiger partial charge in [-0.3, -0.25) is 4.40 Å². The van der Waals surface area contributed by atoms with Gasteiger partial charge in [0, 0.05) is 28.8 Å². The summed E-state index contributed by atoms with van der Waals surface area (Å²) in [6.45, 7) is 0. The average Bonchev–Trinajstić information content (AvgIpc) is 2.45. The number of hydrogen-bond donors (Lipinski definition) is 0. The molecule has 0 N–H and O–H groups in total. The average molecular weight is 328 g/mol. The highest BCUT2D eigenvalue weighted by Gasteiger charge is 2.32. The minimum absolute atomic E-state index is 0.310. The number of hydrogen-bond acceptors (Lipinski definition) is 1. The van der Waals surface area contributed by atoms with Gasteiger partial charge in [0.1, 0.15) is 0 Å². The zero-order chi connectivity index (χ0) is 10.3. The molecule has 0 bridgehead atoms. The summed E-state index contributed by atoms with van der Waals surface area (Å²) in [7, 11) is 0. The Morgan fingerprint density at radius 1 is 1.43 bits per heavy atom. The number of rotatable bonds is 1. The number of halogens is 4. The van der Waals surface area contributed by atoms with E-state index in [1.54, 1.807) is 12.1 Å². The van der Waals surface area contributed by atoms with Crippen molar-refractivity contribution in [2.45, 2.75) is 3.93 Å². The molecule has 0 aliphatic heterocycles. The minimum atomic E-state index is -2.99. The van der Waals surface area contributed by atoms with Crippen molar-refractivity contribution in [3.05, 3.63) is 35.4 Å². The second-order valence-corrected chi connectivity index (χ2v) is 4.51. The van der Waals surface area contributed by atoms with Crippen LogP contribution in [-0.2, 0) is 3.93 Å². The van der Waals surface area contributed by atoms with Crippen LogP contribution in [-0.4, -0.2) is 9.38 Å². The monoisotopic (exact) mass is 328 g/mol. The van der Waals surface area contributed by atoms with Crippen LogP contribution in [0.1, 0.15) is 5.82 Å². The summed E-state index contributed by atoms with van der Waals surface area (Å²) in [5, 5.41) is 0.400. The minimum Gasteiger partial charge on any atom is -0.296 e. The summed E-state index contributed by atoms with van der Waals surface area (Å²) in [6, 6.07) is 3.27. The van der Waals surface area contributed by atoms with Crippen LogP contribution in [0.25, 0.3) is 5.52 Å². The molecule has 0 atom stereocenters. The number of nitrogens with zero attached hydrogens (tertiary/aromatic N) is 2. The number of alkyl halides is 3. The Hall–Kier alpha value is -0.430. The van der Waals surface area contributed by atoms with Crippen molar-refractivity contribution >= 4 is 39.7 Å². The first-order valence-electron chi connectivity index (χ1n) is 3.68. The Kier molecular flexibility index (Phi) is 2.38. The van der Waals surface area contributed by atoms with Gasteiger partial charge in [-0.2, -0.15) is 8.78 Å². The molecule has 0 aliphatic rings. The van der Waals surface area contributed by atoms with Gasteiger partial charge in [0.2, 0.25) is 0 Å². The number of imidazole rings is 1. The van der Waals surface area contributed by atoms with Gasteiger partial charge in [0.15, 0.2) is 5.82 Å². The van der Waals surface area contributed by atoms with Crippen LogP contribution in [0.3, 0.4) is 0 Å². The molecule has 2 aromatic rings. The van der Waals surface area contributed by atoms with E-state index in [9.17, 15) is 8.78 Å². The number of pyridine rings is 1. The predicted octanol–water partition coefficient (Wildman–Crippen LogP) is 3.47. The SMILES string of the molecule is FC(F)(I)c1ncc2ccc(Cl)cn12. The van der Waals surface area contributed by atoms with E-state index in [2.05, 4.69) is 4.98 Å². The Labute approximate surface area is 97.0 Å². The quantitative estimate of drug-likeness (QED) is 0.579. The third kappa shape index (κ3) is 1.70. The Morgan fingerprint density at radius 2 is 2.14 bits per heavy atom. The first-order chi connectivity index (χ1) is 6.48. The summed E-state index contributed by atoms with van der Waals surface area (Å²) < 4.78 is 24.3. The number of aromatic nitrogens is 2. The molecule has 2 aromatic heterocycles. The molecule has 0 fully saturated rings. The molecule has 2 heterocycles. The topological polar surface area (TPSA) is 17.3 Å². The van der Waals surface area contributed by atoms with Gasteiger partial charge in [0.05, 0.1) is 16.7 Å². The van der Waals surface area contributed by atoms with Crippen LogP contribution in [0.15, 0.2) is 24.5 Å². The highest BCUT2D eigenvalue weighted by atomic mass is 127. The van der Waals surface area contributed by atoms with E-state index in [1.807, 2.05) is 0 Å². The van der Waals surface area contributed by atoms with Crippen LogP contribution < -0.4 is 0 Å². The standard InChI is InChI=1S/C8H4ClF2IN2/c9-5-1-2-6-3-13-7(8(10,11)12)14(6)4-5/h1-4H. The maximum absolute atomic E-state index is 13.0. The second-order valence-electron chi connectivity index (χ2n) is 2.72. The molecule has 0 amide bonds. The molecule has 0 saturated carbocycles. The van der Waals surface area contributed by atoms with E-state index in [-0.39, 0.29) is 5.82 Å². The van der Waals surface area contributed by atoms with Crippen molar-refractivity contribution in [2.24, 2.45) is 0 Å². The van der Waals surface area contributed by atoms with E-state index in [4.69, 9.17) is 11.6 Å². The maximum Gasteiger partial charge on any atom is 0.353 e. The number of fused-ring (bicyclic) bond motifs is 1. The summed E-state index contributed by atoms with van der Waals surface area (Å²) >= 11 is 6.74. The zero-order valence-corrected chi connectivity index (χ0v) is 9.63. The first-order valence-corrected chi connectivity index (χ1v) is 5.14. The molecule has 74 valence electrons. The van der Waals surface area contributed by atoms with Crippen LogP contribution in [0.4, 0.5) is 8.78 Å². The summed E-state index contributed by atoms with van der Waals surface area (Å²) in [6.07, 6.45) is 2.81. The fourth-order valence-corrected chi connectivity index (χ4v) is 1.73. The lowest BCUT2D eigenvalue weighted by molar-refractivity contribution is 0.116. The molecule has 6 heteroatoms. The molecule has 0 unspecified atom stereocenters. The Balaban J connectivity index is 2.73. The molecule has 2 rings (SSSR count). The zero-order valence-electron chi connectivity index (χ0n) is 6.72. The van der Waals surface area contributed by atoms with Crippen molar-refractivity contribution in [2.75, 3.05) is 0 Å². The molecular formula is C8H4ClF2IN2. The van der Waals surface area contributed by atoms with Crippen molar-refractivity contribution in [3.63, 3.8) is 0 Å². The van der Waals surface area contributed by atoms with Crippen LogP contribution >= 0.6 is 34.2 Å². The van der Waals surface area contributed by atoms with Crippen molar-refractivity contribution in [3.8, 4) is 0 Å². The normalized spacial score (nSPS) is 12.3. The van der Waals surface area contributed by atoms with Crippen LogP contribution in [0.2, 0.25) is 5.02 Å². The van der Waals surface area contributed by atoms with Gasteiger partial charge in [0.25, 0.3) is 0 Å². The third-order valence-corrected chi connectivity index (χ3v) is 2.45. The van der Waals surface area contributed by atoms with Gasteiger partial charge in [-0.25, -0.2) is 4.98 Å². The first kappa shape index (κ1) is 10.1. The molecule has 0 aromatic carbocycles. The molecular weight excluding hydrogens is 324 g/mol. The summed E-state index contributed by atoms with van der Waals surface area (Å²) in [4.78, 5) is 3.65. The highest BCUT2D eigenvalue weighted by Crippen LogP contribution is 2.34. The lowest BCUT2D eigenvalue weighted by Gasteiger charge is -2.06. The van der Waals surface area contributed by atoms with Gasteiger partial charge in [-0.1, -0.05) is 11.6 Å². The highest BCUT2D eigenvalue weighted by molar-refractivity contribution is 14.1. The Bertz CT molecular complexity index is 478. The van der Waals surface area contributed by atoms with E-state index < -0.39 is 3.93 Å². The van der Waals surface area contributed by atoms with Gasteiger partial charge in [-0.05, 0) is 12.1 Å². The van der Waals surface area contributed by atoms with E-state index in [1.165, 1.54) is 16.8 Å². The predicted molar refractivity (Wildman–Crippen MR) is 58.1 cm³/mol. The van der Waals surface area contributed by atoms with Gasteiger partial charge < -0.3 is 0 Å². The Morgan fingerprint density at radius 3 is 2.79 bits per heavy atom. The van der Waals surface area contributed by atoms with Crippen LogP contribution in [0.5, 0.6) is 0 Å². The van der Waals surface area contributed by atoms with Gasteiger partial charge >= 0.3 is 3.93 Å². The maximum atomic E-state index is 13.0. The third-order valence-electron chi connectivity index (χ3n) is 1.74. The molecule has 14 heavy (non-hydrogen) atoms. The van der Waals surface area contributed by atoms with Crippen molar-refractivity contribution in [1.29, 1.82) is 0 Å². The lowest BCUT2D eigenvalue weighted by Crippen LogP contribution is -2.08. The molecule has 0 radical (unpaired) electrons. The largest absolute Gasteiger partial charge is 0.353 e. The smallest absolute Gasteiger partial charge is 0.296 e. The van der Waals surface area contributed by atoms with Crippen molar-refractivity contribution < 1.29 is 8.78 Å². The van der Waals surface area contributed by atoms with Crippen LogP contribution in [0, 0.1) is 0 Å². The lowest BCUT2D eigenvalue weighted by atomic mass is 10.4. The van der Waals surface area contributed by atoms with E-state index in [0.717, 1.165) is 22.6 Å². The summed E-state index contributed by atoms with van der Waals surface area (Å²) in [5.74, 6) is -0.310. The molecule has 0 spiro atoms. The van der Waals surface area contributed by atoms with Gasteiger partial charge in [-0.15, -0.1) is 0 Å². The second kappa shape index (κ2) is 3.30. The fraction of sp³-hybridized carbons (Fsp3) is 0.125. The molecule has 0 aliphatic carbocycles.